The fraction of sp³-hybridized carbons (Fsp3) is 0.353. The molecular formula is C17H23FIN3OS. The number of halogens is 2. The number of ether oxygens (including phenoxy) is 1. The third kappa shape index (κ3) is 7.48. The van der Waals surface area contributed by atoms with Crippen LogP contribution in [0.15, 0.2) is 46.1 Å². The maximum atomic E-state index is 13.1. The molecule has 0 spiro atoms. The van der Waals surface area contributed by atoms with E-state index in [1.54, 1.807) is 23.5 Å². The average Bonchev–Trinajstić information content (AvgIpc) is 3.03. The molecule has 0 amide bonds. The molecule has 0 aliphatic carbocycles. The van der Waals surface area contributed by atoms with Gasteiger partial charge in [-0.1, -0.05) is 6.07 Å². The van der Waals surface area contributed by atoms with Crippen LogP contribution in [0, 0.1) is 5.82 Å². The van der Waals surface area contributed by atoms with Crippen molar-refractivity contribution in [3.05, 3.63) is 52.5 Å². The second-order valence-electron chi connectivity index (χ2n) is 5.09. The van der Waals surface area contributed by atoms with Gasteiger partial charge in [0.2, 0.25) is 0 Å². The molecule has 0 fully saturated rings. The van der Waals surface area contributed by atoms with Crippen LogP contribution in [-0.2, 0) is 6.54 Å². The predicted molar refractivity (Wildman–Crippen MR) is 109 cm³/mol. The predicted octanol–water partition coefficient (Wildman–Crippen LogP) is 4.03. The van der Waals surface area contributed by atoms with E-state index < -0.39 is 0 Å². The Morgan fingerprint density at radius 3 is 2.83 bits per heavy atom. The van der Waals surface area contributed by atoms with E-state index >= 15 is 0 Å². The Bertz CT molecular complexity index is 622. The number of nitrogens with one attached hydrogen (secondary N) is 2. The fourth-order valence-corrected chi connectivity index (χ4v) is 2.61. The molecule has 1 atom stereocenters. The lowest BCUT2D eigenvalue weighted by atomic mass is 10.3. The summed E-state index contributed by atoms with van der Waals surface area (Å²) in [5.41, 5.74) is 1.19. The van der Waals surface area contributed by atoms with Crippen molar-refractivity contribution >= 4 is 41.3 Å². The Morgan fingerprint density at radius 1 is 1.33 bits per heavy atom. The monoisotopic (exact) mass is 463 g/mol. The smallest absolute Gasteiger partial charge is 0.191 e. The molecule has 0 aliphatic heterocycles. The van der Waals surface area contributed by atoms with Gasteiger partial charge in [-0.05, 0) is 48.4 Å². The number of thiophene rings is 1. The molecule has 0 saturated carbocycles. The Hall–Kier alpha value is -1.35. The minimum absolute atomic E-state index is 0. The highest BCUT2D eigenvalue weighted by atomic mass is 127. The fourth-order valence-electron chi connectivity index (χ4n) is 1.95. The third-order valence-electron chi connectivity index (χ3n) is 3.03. The molecule has 24 heavy (non-hydrogen) atoms. The number of nitrogens with zero attached hydrogens (tertiary/aromatic N) is 1. The van der Waals surface area contributed by atoms with Crippen molar-refractivity contribution < 1.29 is 9.13 Å². The number of guanidine groups is 1. The summed E-state index contributed by atoms with van der Waals surface area (Å²) in [6.07, 6.45) is -0.109. The molecule has 0 radical (unpaired) electrons. The number of hydrogen-bond acceptors (Lipinski definition) is 3. The summed E-state index contributed by atoms with van der Waals surface area (Å²) in [6.45, 7) is 5.95. The molecule has 1 unspecified atom stereocenters. The SMILES string of the molecule is CCNC(=NCc1ccsc1)NCC(C)Oc1cccc(F)c1.I. The first-order valence-corrected chi connectivity index (χ1v) is 8.57. The summed E-state index contributed by atoms with van der Waals surface area (Å²) in [6, 6.07) is 8.22. The quantitative estimate of drug-likeness (QED) is 0.371. The Labute approximate surface area is 163 Å². The van der Waals surface area contributed by atoms with Gasteiger partial charge in [-0.15, -0.1) is 24.0 Å². The van der Waals surface area contributed by atoms with E-state index in [1.165, 1.54) is 17.7 Å². The van der Waals surface area contributed by atoms with Crippen LogP contribution in [-0.4, -0.2) is 25.2 Å². The van der Waals surface area contributed by atoms with Gasteiger partial charge in [0, 0.05) is 12.6 Å². The number of benzene rings is 1. The van der Waals surface area contributed by atoms with Crippen molar-refractivity contribution in [2.75, 3.05) is 13.1 Å². The van der Waals surface area contributed by atoms with Gasteiger partial charge in [0.05, 0.1) is 13.1 Å². The molecule has 0 bridgehead atoms. The molecule has 1 heterocycles. The Kier molecular flexibility index (Phi) is 9.70. The molecule has 7 heteroatoms. The van der Waals surface area contributed by atoms with Crippen LogP contribution in [0.2, 0.25) is 0 Å². The molecule has 4 nitrogen and oxygen atoms in total. The van der Waals surface area contributed by atoms with E-state index in [-0.39, 0.29) is 35.9 Å². The van der Waals surface area contributed by atoms with Crippen molar-refractivity contribution in [1.29, 1.82) is 0 Å². The Morgan fingerprint density at radius 2 is 2.17 bits per heavy atom. The summed E-state index contributed by atoms with van der Waals surface area (Å²) in [5.74, 6) is 0.973. The molecule has 0 saturated heterocycles. The first-order chi connectivity index (χ1) is 11.2. The number of hydrogen-bond donors (Lipinski definition) is 2. The van der Waals surface area contributed by atoms with Crippen LogP contribution in [0.25, 0.3) is 0 Å². The average molecular weight is 463 g/mol. The normalized spacial score (nSPS) is 12.2. The van der Waals surface area contributed by atoms with Gasteiger partial charge in [-0.25, -0.2) is 9.38 Å². The van der Waals surface area contributed by atoms with Crippen molar-refractivity contribution in [1.82, 2.24) is 10.6 Å². The van der Waals surface area contributed by atoms with Crippen LogP contribution < -0.4 is 15.4 Å². The van der Waals surface area contributed by atoms with Gasteiger partial charge in [0.25, 0.3) is 0 Å². The first-order valence-electron chi connectivity index (χ1n) is 7.63. The van der Waals surface area contributed by atoms with Crippen molar-refractivity contribution in [2.45, 2.75) is 26.5 Å². The Balaban J connectivity index is 0.00000288. The van der Waals surface area contributed by atoms with E-state index in [9.17, 15) is 4.39 Å². The molecule has 1 aromatic carbocycles. The molecule has 0 aliphatic rings. The summed E-state index contributed by atoms with van der Waals surface area (Å²) in [7, 11) is 0. The lowest BCUT2D eigenvalue weighted by molar-refractivity contribution is 0.223. The second kappa shape index (κ2) is 11.2. The van der Waals surface area contributed by atoms with Gasteiger partial charge in [-0.2, -0.15) is 11.3 Å². The van der Waals surface area contributed by atoms with Gasteiger partial charge in [-0.3, -0.25) is 0 Å². The lowest BCUT2D eigenvalue weighted by Gasteiger charge is -2.17. The summed E-state index contributed by atoms with van der Waals surface area (Å²) in [5, 5.41) is 10.6. The standard InChI is InChI=1S/C17H22FN3OS.HI/c1-3-19-17(21-11-14-7-8-23-12-14)20-10-13(2)22-16-6-4-5-15(18)9-16;/h4-9,12-13H,3,10-11H2,1-2H3,(H2,19,20,21);1H. The topological polar surface area (TPSA) is 45.7 Å². The second-order valence-corrected chi connectivity index (χ2v) is 5.87. The van der Waals surface area contributed by atoms with Gasteiger partial charge in [0.15, 0.2) is 5.96 Å². The highest BCUT2D eigenvalue weighted by molar-refractivity contribution is 14.0. The minimum atomic E-state index is -0.298. The number of aliphatic imine (C=N–C) groups is 1. The van der Waals surface area contributed by atoms with Crippen molar-refractivity contribution in [2.24, 2.45) is 4.99 Å². The summed E-state index contributed by atoms with van der Waals surface area (Å²) in [4.78, 5) is 4.53. The zero-order valence-electron chi connectivity index (χ0n) is 13.8. The van der Waals surface area contributed by atoms with E-state index in [4.69, 9.17) is 4.74 Å². The van der Waals surface area contributed by atoms with Gasteiger partial charge in [0.1, 0.15) is 17.7 Å². The molecule has 2 aromatic rings. The van der Waals surface area contributed by atoms with Crippen LogP contribution in [0.3, 0.4) is 0 Å². The molecule has 1 aromatic heterocycles. The zero-order chi connectivity index (χ0) is 16.5. The minimum Gasteiger partial charge on any atom is -0.489 e. The largest absolute Gasteiger partial charge is 0.489 e. The van der Waals surface area contributed by atoms with Crippen LogP contribution >= 0.6 is 35.3 Å². The summed E-state index contributed by atoms with van der Waals surface area (Å²) >= 11 is 1.66. The maximum absolute atomic E-state index is 13.1. The molecule has 2 N–H and O–H groups in total. The van der Waals surface area contributed by atoms with Crippen molar-refractivity contribution in [3.8, 4) is 5.75 Å². The molecular weight excluding hydrogens is 440 g/mol. The third-order valence-corrected chi connectivity index (χ3v) is 3.77. The van der Waals surface area contributed by atoms with E-state index in [2.05, 4.69) is 27.1 Å². The molecule has 132 valence electrons. The van der Waals surface area contributed by atoms with Gasteiger partial charge < -0.3 is 15.4 Å². The summed E-state index contributed by atoms with van der Waals surface area (Å²) < 4.78 is 18.8. The highest BCUT2D eigenvalue weighted by Crippen LogP contribution is 2.13. The van der Waals surface area contributed by atoms with Gasteiger partial charge >= 0.3 is 0 Å². The lowest BCUT2D eigenvalue weighted by Crippen LogP contribution is -2.41. The van der Waals surface area contributed by atoms with E-state index in [0.29, 0.717) is 18.8 Å². The number of rotatable bonds is 7. The maximum Gasteiger partial charge on any atom is 0.191 e. The zero-order valence-corrected chi connectivity index (χ0v) is 16.9. The van der Waals surface area contributed by atoms with Crippen molar-refractivity contribution in [3.63, 3.8) is 0 Å². The first kappa shape index (κ1) is 20.7. The highest BCUT2D eigenvalue weighted by Gasteiger charge is 2.06. The van der Waals surface area contributed by atoms with Crippen LogP contribution in [0.1, 0.15) is 19.4 Å². The van der Waals surface area contributed by atoms with Crippen LogP contribution in [0.4, 0.5) is 4.39 Å². The molecule has 2 rings (SSSR count). The van der Waals surface area contributed by atoms with E-state index in [1.807, 2.05) is 19.2 Å². The van der Waals surface area contributed by atoms with Crippen LogP contribution in [0.5, 0.6) is 5.75 Å². The van der Waals surface area contributed by atoms with E-state index in [0.717, 1.165) is 12.5 Å².